The van der Waals surface area contributed by atoms with Gasteiger partial charge in [0.2, 0.25) is 0 Å². The summed E-state index contributed by atoms with van der Waals surface area (Å²) < 4.78 is 5.11. The number of nitrogens with zero attached hydrogens (tertiary/aromatic N) is 1. The maximum Gasteiger partial charge on any atom is 0.0947 e. The fourth-order valence-electron chi connectivity index (χ4n) is 2.80. The van der Waals surface area contributed by atoms with Crippen LogP contribution in [0.25, 0.3) is 0 Å². The first-order valence-corrected chi connectivity index (χ1v) is 5.89. The number of hydrogen-bond acceptors (Lipinski definition) is 3. The second kappa shape index (κ2) is 3.99. The summed E-state index contributed by atoms with van der Waals surface area (Å²) in [7, 11) is 0. The molecular formula is C12H18N2O. The van der Waals surface area contributed by atoms with E-state index in [1.165, 1.54) is 37.9 Å². The maximum absolute atomic E-state index is 5.11. The van der Waals surface area contributed by atoms with Gasteiger partial charge in [-0.15, -0.1) is 0 Å². The highest BCUT2D eigenvalue weighted by atomic mass is 16.3. The molecule has 2 unspecified atom stereocenters. The number of hydrogen-bond donors (Lipinski definition) is 1. The lowest BCUT2D eigenvalue weighted by atomic mass is 10.1. The molecule has 82 valence electrons. The molecule has 1 aromatic heterocycles. The molecule has 15 heavy (non-hydrogen) atoms. The number of likely N-dealkylation sites (tertiary alicyclic amines) is 1. The van der Waals surface area contributed by atoms with Crippen molar-refractivity contribution >= 4 is 0 Å². The molecule has 2 atom stereocenters. The summed E-state index contributed by atoms with van der Waals surface area (Å²) in [5, 5.41) is 3.70. The quantitative estimate of drug-likeness (QED) is 0.797. The minimum atomic E-state index is 0.726. The highest BCUT2D eigenvalue weighted by molar-refractivity contribution is 5.05. The summed E-state index contributed by atoms with van der Waals surface area (Å²) in [6.45, 7) is 3.46. The molecule has 3 nitrogen and oxygen atoms in total. The topological polar surface area (TPSA) is 28.4 Å². The van der Waals surface area contributed by atoms with Gasteiger partial charge in [-0.25, -0.2) is 0 Å². The standard InChI is InChI=1S/C12H18N2O/c1-2-12-8-14(5-3-11(1)13-12)7-10-4-6-15-9-10/h4,6,9,11-13H,1-3,5,7-8H2. The van der Waals surface area contributed by atoms with Gasteiger partial charge in [-0.2, -0.15) is 0 Å². The van der Waals surface area contributed by atoms with E-state index in [4.69, 9.17) is 4.42 Å². The smallest absolute Gasteiger partial charge is 0.0947 e. The molecule has 3 heterocycles. The molecule has 3 rings (SSSR count). The van der Waals surface area contributed by atoms with Gasteiger partial charge in [0.25, 0.3) is 0 Å². The molecule has 1 aromatic rings. The summed E-state index contributed by atoms with van der Waals surface area (Å²) in [6, 6.07) is 3.57. The Hall–Kier alpha value is -0.800. The molecule has 0 amide bonds. The molecule has 2 fully saturated rings. The van der Waals surface area contributed by atoms with Crippen LogP contribution in [0.2, 0.25) is 0 Å². The summed E-state index contributed by atoms with van der Waals surface area (Å²) in [5.41, 5.74) is 1.30. The van der Waals surface area contributed by atoms with Crippen LogP contribution in [-0.2, 0) is 6.54 Å². The average Bonchev–Trinajstić information content (AvgIpc) is 2.80. The van der Waals surface area contributed by atoms with Crippen molar-refractivity contribution in [3.05, 3.63) is 24.2 Å². The molecule has 0 aromatic carbocycles. The maximum atomic E-state index is 5.11. The van der Waals surface area contributed by atoms with Gasteiger partial charge in [0.05, 0.1) is 12.5 Å². The molecule has 0 spiro atoms. The normalized spacial score (nSPS) is 31.7. The van der Waals surface area contributed by atoms with Crippen molar-refractivity contribution in [2.75, 3.05) is 13.1 Å². The molecule has 2 aliphatic rings. The summed E-state index contributed by atoms with van der Waals surface area (Å²) in [5.74, 6) is 0. The van der Waals surface area contributed by atoms with E-state index in [-0.39, 0.29) is 0 Å². The second-order valence-electron chi connectivity index (χ2n) is 4.79. The van der Waals surface area contributed by atoms with Gasteiger partial charge in [-0.3, -0.25) is 4.90 Å². The molecule has 0 aliphatic carbocycles. The van der Waals surface area contributed by atoms with E-state index in [9.17, 15) is 0 Å². The third-order valence-corrected chi connectivity index (χ3v) is 3.59. The highest BCUT2D eigenvalue weighted by Crippen LogP contribution is 2.21. The SMILES string of the molecule is c1cc(CN2CCC3CCC(C2)N3)co1. The first kappa shape index (κ1) is 9.43. The van der Waals surface area contributed by atoms with Gasteiger partial charge in [0.1, 0.15) is 0 Å². The van der Waals surface area contributed by atoms with Gasteiger partial charge >= 0.3 is 0 Å². The van der Waals surface area contributed by atoms with Crippen molar-refractivity contribution < 1.29 is 4.42 Å². The fourth-order valence-corrected chi connectivity index (χ4v) is 2.80. The Kier molecular flexibility index (Phi) is 2.51. The molecule has 1 N–H and O–H groups in total. The van der Waals surface area contributed by atoms with E-state index in [2.05, 4.69) is 16.3 Å². The van der Waals surface area contributed by atoms with Crippen LogP contribution in [0.3, 0.4) is 0 Å². The monoisotopic (exact) mass is 206 g/mol. The van der Waals surface area contributed by atoms with Crippen molar-refractivity contribution in [3.8, 4) is 0 Å². The lowest BCUT2D eigenvalue weighted by Crippen LogP contribution is -2.34. The van der Waals surface area contributed by atoms with E-state index in [1.54, 1.807) is 6.26 Å². The molecule has 2 saturated heterocycles. The Bertz CT molecular complexity index is 309. The van der Waals surface area contributed by atoms with Crippen LogP contribution in [-0.4, -0.2) is 30.1 Å². The minimum Gasteiger partial charge on any atom is -0.472 e. The number of nitrogens with one attached hydrogen (secondary N) is 1. The molecule has 0 radical (unpaired) electrons. The summed E-state index contributed by atoms with van der Waals surface area (Å²) >= 11 is 0. The first-order chi connectivity index (χ1) is 7.40. The van der Waals surface area contributed by atoms with Gasteiger partial charge in [-0.1, -0.05) is 0 Å². The van der Waals surface area contributed by atoms with Crippen LogP contribution >= 0.6 is 0 Å². The van der Waals surface area contributed by atoms with E-state index < -0.39 is 0 Å². The molecular weight excluding hydrogens is 188 g/mol. The zero-order valence-electron chi connectivity index (χ0n) is 8.98. The fraction of sp³-hybridized carbons (Fsp3) is 0.667. The van der Waals surface area contributed by atoms with Crippen molar-refractivity contribution in [1.82, 2.24) is 10.2 Å². The number of fused-ring (bicyclic) bond motifs is 2. The zero-order valence-corrected chi connectivity index (χ0v) is 8.98. The predicted octanol–water partition coefficient (Wildman–Crippen LogP) is 1.61. The van der Waals surface area contributed by atoms with Crippen LogP contribution < -0.4 is 5.32 Å². The first-order valence-electron chi connectivity index (χ1n) is 5.89. The largest absolute Gasteiger partial charge is 0.472 e. The summed E-state index contributed by atoms with van der Waals surface area (Å²) in [4.78, 5) is 2.54. The lowest BCUT2D eigenvalue weighted by Gasteiger charge is -2.23. The Morgan fingerprint density at radius 2 is 2.27 bits per heavy atom. The van der Waals surface area contributed by atoms with Gasteiger partial charge in [0, 0.05) is 37.3 Å². The van der Waals surface area contributed by atoms with Gasteiger partial charge in [-0.05, 0) is 25.3 Å². The Balaban J connectivity index is 1.62. The molecule has 3 heteroatoms. The summed E-state index contributed by atoms with van der Waals surface area (Å²) in [6.07, 6.45) is 7.65. The van der Waals surface area contributed by atoms with Crippen LogP contribution in [0, 0.1) is 0 Å². The van der Waals surface area contributed by atoms with Crippen molar-refractivity contribution in [1.29, 1.82) is 0 Å². The van der Waals surface area contributed by atoms with E-state index >= 15 is 0 Å². The molecule has 0 saturated carbocycles. The molecule has 2 bridgehead atoms. The lowest BCUT2D eigenvalue weighted by molar-refractivity contribution is 0.250. The Morgan fingerprint density at radius 3 is 3.13 bits per heavy atom. The Labute approximate surface area is 90.4 Å². The van der Waals surface area contributed by atoms with Crippen LogP contribution in [0.4, 0.5) is 0 Å². The van der Waals surface area contributed by atoms with E-state index in [0.29, 0.717) is 0 Å². The third kappa shape index (κ3) is 2.08. The van der Waals surface area contributed by atoms with Crippen molar-refractivity contribution in [3.63, 3.8) is 0 Å². The van der Waals surface area contributed by atoms with Gasteiger partial charge < -0.3 is 9.73 Å². The minimum absolute atomic E-state index is 0.726. The number of furan rings is 1. The van der Waals surface area contributed by atoms with Crippen molar-refractivity contribution in [2.24, 2.45) is 0 Å². The van der Waals surface area contributed by atoms with E-state index in [1.807, 2.05) is 6.26 Å². The molecule has 2 aliphatic heterocycles. The number of rotatable bonds is 2. The van der Waals surface area contributed by atoms with Gasteiger partial charge in [0.15, 0.2) is 0 Å². The van der Waals surface area contributed by atoms with Crippen molar-refractivity contribution in [2.45, 2.75) is 37.9 Å². The second-order valence-corrected chi connectivity index (χ2v) is 4.79. The van der Waals surface area contributed by atoms with E-state index in [0.717, 1.165) is 18.6 Å². The van der Waals surface area contributed by atoms with Crippen LogP contribution in [0.5, 0.6) is 0 Å². The Morgan fingerprint density at radius 1 is 1.33 bits per heavy atom. The zero-order chi connectivity index (χ0) is 10.1. The third-order valence-electron chi connectivity index (χ3n) is 3.59. The predicted molar refractivity (Wildman–Crippen MR) is 58.5 cm³/mol. The van der Waals surface area contributed by atoms with Crippen LogP contribution in [0.1, 0.15) is 24.8 Å². The van der Waals surface area contributed by atoms with Crippen LogP contribution in [0.15, 0.2) is 23.0 Å². The highest BCUT2D eigenvalue weighted by Gasteiger charge is 2.28. The average molecular weight is 206 g/mol.